The summed E-state index contributed by atoms with van der Waals surface area (Å²) in [5, 5.41) is 12.7. The van der Waals surface area contributed by atoms with Gasteiger partial charge < -0.3 is 35.4 Å². The van der Waals surface area contributed by atoms with Crippen LogP contribution in [0.15, 0.2) is 29.8 Å². The average molecular weight is 704 g/mol. The molecule has 1 spiro atoms. The monoisotopic (exact) mass is 703 g/mol. The highest BCUT2D eigenvalue weighted by Crippen LogP contribution is 2.47. The van der Waals surface area contributed by atoms with Crippen LogP contribution in [0.4, 0.5) is 0 Å². The third-order valence-corrected chi connectivity index (χ3v) is 10.6. The van der Waals surface area contributed by atoms with E-state index in [-0.39, 0.29) is 36.6 Å². The number of carbonyl (C=O) groups is 5. The van der Waals surface area contributed by atoms with Crippen LogP contribution in [0, 0.1) is 31.1 Å². The number of aromatic nitrogens is 2. The van der Waals surface area contributed by atoms with E-state index in [1.54, 1.807) is 19.6 Å². The Morgan fingerprint density at radius 3 is 2.39 bits per heavy atom. The van der Waals surface area contributed by atoms with E-state index < -0.39 is 52.6 Å². The summed E-state index contributed by atoms with van der Waals surface area (Å²) < 4.78 is 5.54. The molecule has 1 unspecified atom stereocenters. The lowest BCUT2D eigenvalue weighted by molar-refractivity contribution is -0.145. The lowest BCUT2D eigenvalue weighted by atomic mass is 9.85. The van der Waals surface area contributed by atoms with Crippen LogP contribution in [0.2, 0.25) is 0 Å². The fourth-order valence-electron chi connectivity index (χ4n) is 7.54. The van der Waals surface area contributed by atoms with Crippen LogP contribution in [0.25, 0.3) is 0 Å². The summed E-state index contributed by atoms with van der Waals surface area (Å²) in [5.41, 5.74) is 2.46. The zero-order valence-electron chi connectivity index (χ0n) is 30.4. The van der Waals surface area contributed by atoms with E-state index >= 15 is 0 Å². The van der Waals surface area contributed by atoms with Crippen LogP contribution in [-0.2, 0) is 28.8 Å². The number of ketones is 1. The van der Waals surface area contributed by atoms with E-state index in [4.69, 9.17) is 9.57 Å². The van der Waals surface area contributed by atoms with Gasteiger partial charge in [0.05, 0.1) is 37.4 Å². The van der Waals surface area contributed by atoms with Crippen molar-refractivity contribution < 1.29 is 33.5 Å². The predicted octanol–water partition coefficient (Wildman–Crippen LogP) is 2.43. The molecule has 2 saturated carbocycles. The second kappa shape index (κ2) is 13.8. The lowest BCUT2D eigenvalue weighted by Crippen LogP contribution is -2.59. The number of likely N-dealkylation sites (N-methyl/N-ethyl adjacent to an activating group) is 1. The molecule has 4 aliphatic rings. The van der Waals surface area contributed by atoms with E-state index in [1.807, 2.05) is 46.8 Å². The molecule has 1 aromatic heterocycles. The number of hydrogen-bond donors (Lipinski definition) is 4. The fourth-order valence-corrected chi connectivity index (χ4v) is 7.54. The number of rotatable bonds is 12. The average Bonchev–Trinajstić information content (AvgIpc) is 3.92. The Hall–Kier alpha value is -4.75. The highest BCUT2D eigenvalue weighted by atomic mass is 16.7. The first-order valence-electron chi connectivity index (χ1n) is 17.7. The van der Waals surface area contributed by atoms with Gasteiger partial charge in [0.1, 0.15) is 17.8 Å². The van der Waals surface area contributed by atoms with E-state index in [2.05, 4.69) is 31.1 Å². The quantitative estimate of drug-likeness (QED) is 0.243. The highest BCUT2D eigenvalue weighted by molar-refractivity contribution is 6.38. The van der Waals surface area contributed by atoms with Gasteiger partial charge in [0, 0.05) is 43.5 Å². The van der Waals surface area contributed by atoms with Gasteiger partial charge in [-0.05, 0) is 61.3 Å². The van der Waals surface area contributed by atoms with Crippen molar-refractivity contribution in [3.63, 3.8) is 0 Å². The van der Waals surface area contributed by atoms with E-state index in [9.17, 15) is 24.0 Å². The van der Waals surface area contributed by atoms with Crippen molar-refractivity contribution in [3.8, 4) is 5.75 Å². The molecular formula is C37H49N7O7. The Labute approximate surface area is 297 Å². The molecule has 3 heterocycles. The Morgan fingerprint density at radius 2 is 1.80 bits per heavy atom. The Bertz CT molecular complexity index is 1720. The molecule has 1 aromatic carbocycles. The van der Waals surface area contributed by atoms with E-state index in [0.29, 0.717) is 25.0 Å². The third kappa shape index (κ3) is 7.50. The Balaban J connectivity index is 1.27. The molecule has 4 N–H and O–H groups in total. The maximum absolute atomic E-state index is 14.7. The topological polar surface area (TPSA) is 184 Å². The molecule has 2 aliphatic carbocycles. The maximum atomic E-state index is 14.7. The molecule has 2 aromatic rings. The molecule has 3 fully saturated rings. The summed E-state index contributed by atoms with van der Waals surface area (Å²) in [6.45, 7) is 9.53. The van der Waals surface area contributed by atoms with Crippen molar-refractivity contribution in [1.29, 1.82) is 0 Å². The maximum Gasteiger partial charge on any atom is 0.289 e. The van der Waals surface area contributed by atoms with Gasteiger partial charge in [-0.15, -0.1) is 0 Å². The molecule has 6 atom stereocenters. The minimum absolute atomic E-state index is 0.0312. The lowest BCUT2D eigenvalue weighted by Gasteiger charge is -2.35. The third-order valence-electron chi connectivity index (χ3n) is 10.6. The molecular weight excluding hydrogens is 654 g/mol. The van der Waals surface area contributed by atoms with E-state index in [0.717, 1.165) is 41.0 Å². The molecule has 4 amide bonds. The van der Waals surface area contributed by atoms with Crippen LogP contribution in [-0.4, -0.2) is 94.4 Å². The number of hydrogen-bond acceptors (Lipinski definition) is 9. The van der Waals surface area contributed by atoms with Crippen LogP contribution in [0.3, 0.4) is 0 Å². The molecule has 0 bridgehead atoms. The summed E-state index contributed by atoms with van der Waals surface area (Å²) in [7, 11) is 3.00. The fraction of sp³-hybridized carbons (Fsp3) is 0.595. The van der Waals surface area contributed by atoms with Crippen molar-refractivity contribution in [2.45, 2.75) is 103 Å². The second-order valence-corrected chi connectivity index (χ2v) is 15.8. The largest absolute Gasteiger partial charge is 0.496 e. The smallest absolute Gasteiger partial charge is 0.289 e. The first-order valence-corrected chi connectivity index (χ1v) is 17.7. The van der Waals surface area contributed by atoms with Crippen molar-refractivity contribution in [1.82, 2.24) is 30.8 Å². The highest BCUT2D eigenvalue weighted by Gasteiger charge is 2.56. The number of ether oxygens (including phenoxy) is 1. The van der Waals surface area contributed by atoms with Gasteiger partial charge in [0.2, 0.25) is 23.5 Å². The second-order valence-electron chi connectivity index (χ2n) is 15.8. The number of aromatic amines is 1. The summed E-state index contributed by atoms with van der Waals surface area (Å²) >= 11 is 0. The summed E-state index contributed by atoms with van der Waals surface area (Å²) in [6.07, 6.45) is 6.57. The van der Waals surface area contributed by atoms with Crippen LogP contribution < -0.4 is 20.7 Å². The molecule has 6 rings (SSSR count). The number of oxime groups is 1. The van der Waals surface area contributed by atoms with Gasteiger partial charge in [-0.2, -0.15) is 0 Å². The van der Waals surface area contributed by atoms with Crippen LogP contribution in [0.1, 0.15) is 87.6 Å². The van der Waals surface area contributed by atoms with Gasteiger partial charge in [-0.1, -0.05) is 38.8 Å². The number of carbonyl (C=O) groups excluding carboxylic acids is 5. The van der Waals surface area contributed by atoms with Gasteiger partial charge in [-0.3, -0.25) is 24.0 Å². The number of nitrogens with zero attached hydrogens (tertiary/aromatic N) is 3. The number of likely N-dealkylation sites (tertiary alicyclic amines) is 1. The molecule has 51 heavy (non-hydrogen) atoms. The summed E-state index contributed by atoms with van der Waals surface area (Å²) in [6, 6.07) is 0.888. The molecule has 0 radical (unpaired) electrons. The number of nitrogens with one attached hydrogen (secondary N) is 4. The number of aryl methyl sites for hydroxylation is 2. The van der Waals surface area contributed by atoms with Crippen LogP contribution in [0.5, 0.6) is 5.75 Å². The minimum Gasteiger partial charge on any atom is -0.496 e. The van der Waals surface area contributed by atoms with Crippen molar-refractivity contribution in [2.75, 3.05) is 20.7 Å². The normalized spacial score (nSPS) is 25.0. The van der Waals surface area contributed by atoms with Gasteiger partial charge in [0.15, 0.2) is 5.60 Å². The van der Waals surface area contributed by atoms with Gasteiger partial charge in [0.25, 0.3) is 5.91 Å². The number of H-pyrrole nitrogens is 1. The number of amides is 4. The molecule has 14 nitrogen and oxygen atoms in total. The number of imidazole rings is 1. The zero-order valence-corrected chi connectivity index (χ0v) is 30.4. The first-order chi connectivity index (χ1) is 24.1. The summed E-state index contributed by atoms with van der Waals surface area (Å²) in [4.78, 5) is 82.8. The predicted molar refractivity (Wildman–Crippen MR) is 187 cm³/mol. The number of benzene rings is 1. The number of Topliss-reactive ketones (excluding diaryl/α,β-unsaturated/α-hetero) is 1. The first kappa shape index (κ1) is 36.1. The molecule has 2 aliphatic heterocycles. The van der Waals surface area contributed by atoms with Gasteiger partial charge in [-0.25, -0.2) is 4.98 Å². The van der Waals surface area contributed by atoms with E-state index in [1.165, 1.54) is 11.9 Å². The van der Waals surface area contributed by atoms with Crippen molar-refractivity contribution in [3.05, 3.63) is 47.0 Å². The molecule has 14 heteroatoms. The zero-order chi connectivity index (χ0) is 36.8. The minimum atomic E-state index is -1.05. The van der Waals surface area contributed by atoms with Crippen molar-refractivity contribution >= 4 is 35.1 Å². The number of methoxy groups -OCH3 is 1. The SMILES string of the molecule is CNC(=O)C(=O)[C@H](CC1CC1)NC(=O)C1C[C@]2(CC(c3cc(C)c(OC)c(C)c3)=NO2)CN1C(=O)[C@@H](NC(=O)[C@H]1C[C@@H]1c1c[nH]cn1)C(C)(C)C. The Morgan fingerprint density at radius 1 is 1.10 bits per heavy atom. The van der Waals surface area contributed by atoms with Gasteiger partial charge >= 0.3 is 0 Å². The van der Waals surface area contributed by atoms with Crippen LogP contribution >= 0.6 is 0 Å². The van der Waals surface area contributed by atoms with Crippen molar-refractivity contribution in [2.24, 2.45) is 22.4 Å². The molecule has 1 saturated heterocycles. The molecule has 274 valence electrons. The summed E-state index contributed by atoms with van der Waals surface area (Å²) in [5.74, 6) is -2.10. The standard InChI is InChI=1S/C37H49N7O7/c1-19-10-22(11-20(2)30(19)50-7)26-14-37(51-43-26)15-28(33(47)41-25(12-21-8-9-21)29(45)34(48)38-6)44(17-37)35(49)31(36(3,4)5)42-32(46)24-13-23(24)27-16-39-18-40-27/h10-11,16,18,21,23-25,28,31H,8-9,12-15,17H2,1-7H3,(H,38,48)(H,39,40)(H,41,47)(H,42,46)/t23-,24-,25-,28?,31+,37+/m0/s1. The Kier molecular flexibility index (Phi) is 9.73.